The third-order valence-electron chi connectivity index (χ3n) is 3.26. The Kier molecular flexibility index (Phi) is 6.77. The number of thiocarbonyl (C=S) groups is 1. The summed E-state index contributed by atoms with van der Waals surface area (Å²) >= 11 is 5.21. The van der Waals surface area contributed by atoms with Crippen molar-refractivity contribution < 1.29 is 14.3 Å². The van der Waals surface area contributed by atoms with Gasteiger partial charge in [0.05, 0.1) is 19.4 Å². The third kappa shape index (κ3) is 5.76. The van der Waals surface area contributed by atoms with Crippen molar-refractivity contribution in [1.29, 1.82) is 0 Å². The molecule has 0 heterocycles. The van der Waals surface area contributed by atoms with Gasteiger partial charge in [-0.2, -0.15) is 0 Å². The second-order valence-corrected chi connectivity index (χ2v) is 6.25. The molecule has 5 nitrogen and oxygen atoms in total. The summed E-state index contributed by atoms with van der Waals surface area (Å²) in [6.45, 7) is 4.73. The van der Waals surface area contributed by atoms with Crippen LogP contribution in [0.5, 0.6) is 11.5 Å². The lowest BCUT2D eigenvalue weighted by Gasteiger charge is -2.13. The number of hydrogen-bond acceptors (Lipinski definition) is 4. The molecule has 0 aliphatic rings. The summed E-state index contributed by atoms with van der Waals surface area (Å²) in [5, 5.41) is 5.82. The molecule has 0 aromatic heterocycles. The Morgan fingerprint density at radius 3 is 2.64 bits per heavy atom. The highest BCUT2D eigenvalue weighted by molar-refractivity contribution is 7.80. The van der Waals surface area contributed by atoms with Crippen LogP contribution in [-0.4, -0.2) is 24.7 Å². The van der Waals surface area contributed by atoms with Gasteiger partial charge < -0.3 is 14.8 Å². The fourth-order valence-corrected chi connectivity index (χ4v) is 2.27. The van der Waals surface area contributed by atoms with Crippen molar-refractivity contribution >= 4 is 28.9 Å². The van der Waals surface area contributed by atoms with Crippen LogP contribution in [0.4, 0.5) is 5.69 Å². The van der Waals surface area contributed by atoms with Gasteiger partial charge in [0.15, 0.2) is 5.11 Å². The molecule has 6 heteroatoms. The third-order valence-corrected chi connectivity index (χ3v) is 3.47. The van der Waals surface area contributed by atoms with E-state index < -0.39 is 0 Å². The molecule has 0 aliphatic carbocycles. The lowest BCUT2D eigenvalue weighted by molar-refractivity contribution is 0.0977. The number of benzene rings is 2. The number of amides is 1. The van der Waals surface area contributed by atoms with Crippen LogP contribution in [0.3, 0.4) is 0 Å². The first kappa shape index (κ1) is 18.7. The van der Waals surface area contributed by atoms with E-state index in [9.17, 15) is 4.79 Å². The molecular formula is C19H22N2O3S. The zero-order valence-electron chi connectivity index (χ0n) is 14.5. The van der Waals surface area contributed by atoms with Crippen LogP contribution in [0, 0.1) is 5.92 Å². The van der Waals surface area contributed by atoms with Crippen molar-refractivity contribution in [1.82, 2.24) is 5.32 Å². The monoisotopic (exact) mass is 358 g/mol. The average molecular weight is 358 g/mol. The first-order valence-corrected chi connectivity index (χ1v) is 8.38. The van der Waals surface area contributed by atoms with Crippen LogP contribution in [0.2, 0.25) is 0 Å². The van der Waals surface area contributed by atoms with E-state index in [2.05, 4.69) is 24.5 Å². The Hall–Kier alpha value is -2.60. The molecule has 2 rings (SSSR count). The fraction of sp³-hybridized carbons (Fsp3) is 0.263. The normalized spacial score (nSPS) is 10.2. The standard InChI is InChI=1S/C19H22N2O3S/c1-13(2)12-24-15-8-6-7-14(11-15)18(22)21-19(25)20-16-9-4-5-10-17(16)23-3/h4-11,13H,12H2,1-3H3,(H2,20,21,22,25). The van der Waals surface area contributed by atoms with Gasteiger partial charge in [-0.15, -0.1) is 0 Å². The largest absolute Gasteiger partial charge is 0.495 e. The van der Waals surface area contributed by atoms with Crippen molar-refractivity contribution in [2.24, 2.45) is 5.92 Å². The summed E-state index contributed by atoms with van der Waals surface area (Å²) in [5.41, 5.74) is 1.16. The maximum atomic E-state index is 12.4. The molecule has 2 N–H and O–H groups in total. The summed E-state index contributed by atoms with van der Waals surface area (Å²) in [6, 6.07) is 14.3. The molecule has 0 bridgehead atoms. The lowest BCUT2D eigenvalue weighted by atomic mass is 10.2. The first-order chi connectivity index (χ1) is 12.0. The van der Waals surface area contributed by atoms with Gasteiger partial charge in [-0.25, -0.2) is 0 Å². The molecule has 0 unspecified atom stereocenters. The van der Waals surface area contributed by atoms with Gasteiger partial charge in [0.1, 0.15) is 11.5 Å². The van der Waals surface area contributed by atoms with E-state index in [4.69, 9.17) is 21.7 Å². The predicted octanol–water partition coefficient (Wildman–Crippen LogP) is 3.86. The van der Waals surface area contributed by atoms with Crippen molar-refractivity contribution in [2.75, 3.05) is 19.0 Å². The number of carbonyl (C=O) groups is 1. The minimum Gasteiger partial charge on any atom is -0.495 e. The topological polar surface area (TPSA) is 59.6 Å². The summed E-state index contributed by atoms with van der Waals surface area (Å²) in [4.78, 5) is 12.4. The second-order valence-electron chi connectivity index (χ2n) is 5.84. The molecule has 0 fully saturated rings. The van der Waals surface area contributed by atoms with E-state index in [-0.39, 0.29) is 11.0 Å². The van der Waals surface area contributed by atoms with Crippen LogP contribution in [0.1, 0.15) is 24.2 Å². The van der Waals surface area contributed by atoms with E-state index in [1.54, 1.807) is 25.3 Å². The maximum Gasteiger partial charge on any atom is 0.257 e. The SMILES string of the molecule is COc1ccccc1NC(=S)NC(=O)c1cccc(OCC(C)C)c1. The number of ether oxygens (including phenoxy) is 2. The number of anilines is 1. The molecule has 1 amide bonds. The minimum atomic E-state index is -0.303. The summed E-state index contributed by atoms with van der Waals surface area (Å²) in [7, 11) is 1.57. The molecule has 2 aromatic carbocycles. The summed E-state index contributed by atoms with van der Waals surface area (Å²) in [5.74, 6) is 1.41. The first-order valence-electron chi connectivity index (χ1n) is 7.98. The van der Waals surface area contributed by atoms with Crippen molar-refractivity contribution in [3.63, 3.8) is 0 Å². The Morgan fingerprint density at radius 2 is 1.92 bits per heavy atom. The highest BCUT2D eigenvalue weighted by atomic mass is 32.1. The number of hydrogen-bond donors (Lipinski definition) is 2. The van der Waals surface area contributed by atoms with E-state index in [0.29, 0.717) is 35.3 Å². The smallest absolute Gasteiger partial charge is 0.257 e. The second kappa shape index (κ2) is 9.03. The minimum absolute atomic E-state index is 0.197. The molecule has 25 heavy (non-hydrogen) atoms. The van der Waals surface area contributed by atoms with E-state index >= 15 is 0 Å². The summed E-state index contributed by atoms with van der Waals surface area (Å²) in [6.07, 6.45) is 0. The lowest BCUT2D eigenvalue weighted by Crippen LogP contribution is -2.34. The molecule has 0 saturated carbocycles. The maximum absolute atomic E-state index is 12.4. The molecule has 0 saturated heterocycles. The van der Waals surface area contributed by atoms with Crippen LogP contribution >= 0.6 is 12.2 Å². The number of rotatable bonds is 6. The molecule has 0 spiro atoms. The van der Waals surface area contributed by atoms with Gasteiger partial charge in [0.2, 0.25) is 0 Å². The predicted molar refractivity (Wildman–Crippen MR) is 103 cm³/mol. The van der Waals surface area contributed by atoms with Crippen LogP contribution < -0.4 is 20.1 Å². The van der Waals surface area contributed by atoms with E-state index in [1.807, 2.05) is 30.3 Å². The average Bonchev–Trinajstić information content (AvgIpc) is 2.60. The van der Waals surface area contributed by atoms with Crippen molar-refractivity contribution in [2.45, 2.75) is 13.8 Å². The van der Waals surface area contributed by atoms with Crippen molar-refractivity contribution in [3.8, 4) is 11.5 Å². The fourth-order valence-electron chi connectivity index (χ4n) is 2.07. The van der Waals surface area contributed by atoms with Crippen LogP contribution in [0.15, 0.2) is 48.5 Å². The number of carbonyl (C=O) groups excluding carboxylic acids is 1. The van der Waals surface area contributed by atoms with Gasteiger partial charge in [-0.1, -0.05) is 32.0 Å². The molecule has 0 radical (unpaired) electrons. The number of methoxy groups -OCH3 is 1. The molecular weight excluding hydrogens is 336 g/mol. The Labute approximate surface area is 153 Å². The number of para-hydroxylation sites is 2. The van der Waals surface area contributed by atoms with Crippen molar-refractivity contribution in [3.05, 3.63) is 54.1 Å². The zero-order chi connectivity index (χ0) is 18.2. The highest BCUT2D eigenvalue weighted by Crippen LogP contribution is 2.22. The number of nitrogens with one attached hydrogen (secondary N) is 2. The van der Waals surface area contributed by atoms with Gasteiger partial charge in [0, 0.05) is 5.56 Å². The van der Waals surface area contributed by atoms with Crippen LogP contribution in [0.25, 0.3) is 0 Å². The Balaban J connectivity index is 1.99. The molecule has 2 aromatic rings. The van der Waals surface area contributed by atoms with E-state index in [0.717, 1.165) is 0 Å². The van der Waals surface area contributed by atoms with Gasteiger partial charge in [0.25, 0.3) is 5.91 Å². The molecule has 132 valence electrons. The Bertz CT molecular complexity index is 747. The van der Waals surface area contributed by atoms with Gasteiger partial charge >= 0.3 is 0 Å². The highest BCUT2D eigenvalue weighted by Gasteiger charge is 2.11. The quantitative estimate of drug-likeness (QED) is 0.768. The van der Waals surface area contributed by atoms with Crippen LogP contribution in [-0.2, 0) is 0 Å². The van der Waals surface area contributed by atoms with Gasteiger partial charge in [-0.3, -0.25) is 10.1 Å². The summed E-state index contributed by atoms with van der Waals surface area (Å²) < 4.78 is 10.9. The van der Waals surface area contributed by atoms with Gasteiger partial charge in [-0.05, 0) is 48.5 Å². The molecule has 0 atom stereocenters. The Morgan fingerprint density at radius 1 is 1.16 bits per heavy atom. The molecule has 0 aliphatic heterocycles. The zero-order valence-corrected chi connectivity index (χ0v) is 15.4. The van der Waals surface area contributed by atoms with E-state index in [1.165, 1.54) is 0 Å².